The molecule has 1 aromatic carbocycles. The lowest BCUT2D eigenvalue weighted by Crippen LogP contribution is -2.41. The highest BCUT2D eigenvalue weighted by Crippen LogP contribution is 2.37. The molecule has 27 heavy (non-hydrogen) atoms. The molecule has 0 aliphatic carbocycles. The van der Waals surface area contributed by atoms with Gasteiger partial charge in [-0.2, -0.15) is 0 Å². The molecule has 1 N–H and O–H groups in total. The van der Waals surface area contributed by atoms with Crippen LogP contribution in [0.25, 0.3) is 0 Å². The Morgan fingerprint density at radius 3 is 2.44 bits per heavy atom. The standard InChI is InChI=1S/C20H25N3O3S/c1-14-12-20(3,4)23(13-14)18-17(11-10-15(2)21-18)19(24)22-27(25,26)16-8-6-5-7-9-16/h5-11,14H,12-13H2,1-4H3,(H,22,24)/t14-/m0/s1. The first-order valence-corrected chi connectivity index (χ1v) is 10.5. The highest BCUT2D eigenvalue weighted by molar-refractivity contribution is 7.90. The third-order valence-corrected chi connectivity index (χ3v) is 6.22. The Morgan fingerprint density at radius 2 is 1.85 bits per heavy atom. The summed E-state index contributed by atoms with van der Waals surface area (Å²) in [6.07, 6.45) is 0.978. The minimum atomic E-state index is -3.94. The Kier molecular flexibility index (Phi) is 4.99. The molecule has 1 atom stereocenters. The number of hydrogen-bond donors (Lipinski definition) is 1. The van der Waals surface area contributed by atoms with E-state index in [-0.39, 0.29) is 16.0 Å². The van der Waals surface area contributed by atoms with Crippen LogP contribution in [-0.4, -0.2) is 31.4 Å². The highest BCUT2D eigenvalue weighted by atomic mass is 32.2. The van der Waals surface area contributed by atoms with Crippen molar-refractivity contribution in [1.82, 2.24) is 9.71 Å². The van der Waals surface area contributed by atoms with Crippen molar-refractivity contribution in [1.29, 1.82) is 0 Å². The maximum Gasteiger partial charge on any atom is 0.268 e. The van der Waals surface area contributed by atoms with Crippen molar-refractivity contribution in [2.24, 2.45) is 5.92 Å². The van der Waals surface area contributed by atoms with Gasteiger partial charge in [0.25, 0.3) is 15.9 Å². The fourth-order valence-electron chi connectivity index (χ4n) is 3.72. The van der Waals surface area contributed by atoms with E-state index in [0.717, 1.165) is 18.7 Å². The van der Waals surface area contributed by atoms with Crippen LogP contribution in [-0.2, 0) is 10.0 Å². The molecule has 144 valence electrons. The Hall–Kier alpha value is -2.41. The van der Waals surface area contributed by atoms with Gasteiger partial charge in [-0.1, -0.05) is 25.1 Å². The van der Waals surface area contributed by atoms with Crippen LogP contribution in [0.5, 0.6) is 0 Å². The van der Waals surface area contributed by atoms with Crippen molar-refractivity contribution in [2.75, 3.05) is 11.4 Å². The number of benzene rings is 1. The zero-order valence-electron chi connectivity index (χ0n) is 16.1. The van der Waals surface area contributed by atoms with E-state index >= 15 is 0 Å². The normalized spacial score (nSPS) is 19.1. The van der Waals surface area contributed by atoms with Gasteiger partial charge in [0.15, 0.2) is 0 Å². The molecule has 2 heterocycles. The first kappa shape index (κ1) is 19.4. The largest absolute Gasteiger partial charge is 0.351 e. The molecule has 0 unspecified atom stereocenters. The first-order chi connectivity index (χ1) is 12.6. The molecule has 3 rings (SSSR count). The predicted octanol–water partition coefficient (Wildman–Crippen LogP) is 3.13. The van der Waals surface area contributed by atoms with E-state index < -0.39 is 15.9 Å². The summed E-state index contributed by atoms with van der Waals surface area (Å²) in [6.45, 7) is 9.02. The molecular formula is C20H25N3O3S. The van der Waals surface area contributed by atoms with Crippen LogP contribution in [0.1, 0.15) is 43.2 Å². The highest BCUT2D eigenvalue weighted by Gasteiger charge is 2.39. The number of sulfonamides is 1. The zero-order chi connectivity index (χ0) is 19.8. The molecule has 0 bridgehead atoms. The van der Waals surface area contributed by atoms with Crippen molar-refractivity contribution in [2.45, 2.75) is 44.6 Å². The van der Waals surface area contributed by atoms with Gasteiger partial charge in [-0.15, -0.1) is 0 Å². The van der Waals surface area contributed by atoms with Crippen LogP contribution in [0.3, 0.4) is 0 Å². The third kappa shape index (κ3) is 3.98. The first-order valence-electron chi connectivity index (χ1n) is 8.98. The second kappa shape index (κ2) is 6.96. The van der Waals surface area contributed by atoms with Crippen molar-refractivity contribution in [3.8, 4) is 0 Å². The van der Waals surface area contributed by atoms with Gasteiger partial charge >= 0.3 is 0 Å². The summed E-state index contributed by atoms with van der Waals surface area (Å²) in [5, 5.41) is 0. The van der Waals surface area contributed by atoms with Crippen molar-refractivity contribution < 1.29 is 13.2 Å². The van der Waals surface area contributed by atoms with Gasteiger partial charge in [-0.25, -0.2) is 18.1 Å². The van der Waals surface area contributed by atoms with E-state index in [0.29, 0.717) is 11.7 Å². The summed E-state index contributed by atoms with van der Waals surface area (Å²) >= 11 is 0. The molecule has 7 heteroatoms. The van der Waals surface area contributed by atoms with Gasteiger partial charge in [0, 0.05) is 17.8 Å². The second-order valence-corrected chi connectivity index (χ2v) is 9.49. The van der Waals surface area contributed by atoms with Gasteiger partial charge in [0.1, 0.15) is 5.82 Å². The molecule has 1 amide bonds. The number of carbonyl (C=O) groups excluding carboxylic acids is 1. The minimum absolute atomic E-state index is 0.0510. The average Bonchev–Trinajstić information content (AvgIpc) is 2.87. The number of hydrogen-bond acceptors (Lipinski definition) is 5. The van der Waals surface area contributed by atoms with E-state index in [1.54, 1.807) is 30.3 Å². The summed E-state index contributed by atoms with van der Waals surface area (Å²) in [5.41, 5.74) is 0.887. The van der Waals surface area contributed by atoms with Gasteiger partial charge < -0.3 is 4.90 Å². The van der Waals surface area contributed by atoms with E-state index in [1.807, 2.05) is 6.92 Å². The van der Waals surface area contributed by atoms with Crippen LogP contribution in [0, 0.1) is 12.8 Å². The lowest BCUT2D eigenvalue weighted by molar-refractivity contribution is 0.0981. The molecule has 1 aliphatic rings. The average molecular weight is 388 g/mol. The summed E-state index contributed by atoms with van der Waals surface area (Å²) in [5.74, 6) is 0.327. The van der Waals surface area contributed by atoms with Gasteiger partial charge in [0.05, 0.1) is 10.5 Å². The van der Waals surface area contributed by atoms with Gasteiger partial charge in [-0.05, 0) is 57.4 Å². The fourth-order valence-corrected chi connectivity index (χ4v) is 4.71. The van der Waals surface area contributed by atoms with Crippen molar-refractivity contribution >= 4 is 21.7 Å². The van der Waals surface area contributed by atoms with Crippen molar-refractivity contribution in [3.63, 3.8) is 0 Å². The topological polar surface area (TPSA) is 79.4 Å². The number of anilines is 1. The summed E-state index contributed by atoms with van der Waals surface area (Å²) < 4.78 is 27.2. The van der Waals surface area contributed by atoms with E-state index in [1.165, 1.54) is 12.1 Å². The predicted molar refractivity (Wildman–Crippen MR) is 105 cm³/mol. The maximum absolute atomic E-state index is 12.9. The number of amides is 1. The quantitative estimate of drug-likeness (QED) is 0.872. The number of aryl methyl sites for hydroxylation is 1. The lowest BCUT2D eigenvalue weighted by Gasteiger charge is -2.33. The van der Waals surface area contributed by atoms with Crippen LogP contribution in [0.2, 0.25) is 0 Å². The maximum atomic E-state index is 12.9. The minimum Gasteiger partial charge on any atom is -0.351 e. The summed E-state index contributed by atoms with van der Waals surface area (Å²) in [4.78, 5) is 19.6. The lowest BCUT2D eigenvalue weighted by atomic mass is 9.97. The molecule has 1 aromatic heterocycles. The molecule has 0 saturated carbocycles. The third-order valence-electron chi connectivity index (χ3n) is 4.87. The van der Waals surface area contributed by atoms with Crippen LogP contribution >= 0.6 is 0 Å². The van der Waals surface area contributed by atoms with Gasteiger partial charge in [0.2, 0.25) is 0 Å². The van der Waals surface area contributed by atoms with Crippen LogP contribution in [0.4, 0.5) is 5.82 Å². The van der Waals surface area contributed by atoms with Crippen molar-refractivity contribution in [3.05, 3.63) is 53.7 Å². The summed E-state index contributed by atoms with van der Waals surface area (Å²) in [6, 6.07) is 11.2. The Labute approximate surface area is 160 Å². The number of carbonyl (C=O) groups is 1. The molecule has 1 fully saturated rings. The van der Waals surface area contributed by atoms with E-state index in [2.05, 4.69) is 35.4 Å². The molecule has 1 saturated heterocycles. The van der Waals surface area contributed by atoms with E-state index in [4.69, 9.17) is 0 Å². The van der Waals surface area contributed by atoms with Gasteiger partial charge in [-0.3, -0.25) is 4.79 Å². The summed E-state index contributed by atoms with van der Waals surface area (Å²) in [7, 11) is -3.94. The smallest absolute Gasteiger partial charge is 0.268 e. The zero-order valence-corrected chi connectivity index (χ0v) is 16.9. The molecule has 1 aliphatic heterocycles. The van der Waals surface area contributed by atoms with Crippen LogP contribution < -0.4 is 9.62 Å². The molecule has 2 aromatic rings. The number of aromatic nitrogens is 1. The number of pyridine rings is 1. The number of nitrogens with zero attached hydrogens (tertiary/aromatic N) is 2. The number of rotatable bonds is 4. The molecular weight excluding hydrogens is 362 g/mol. The monoisotopic (exact) mass is 387 g/mol. The Bertz CT molecular complexity index is 956. The second-order valence-electron chi connectivity index (χ2n) is 7.80. The molecule has 6 nitrogen and oxygen atoms in total. The molecule has 0 spiro atoms. The fraction of sp³-hybridized carbons (Fsp3) is 0.400. The molecule has 0 radical (unpaired) electrons. The SMILES string of the molecule is Cc1ccc(C(=O)NS(=O)(=O)c2ccccc2)c(N2C[C@@H](C)CC2(C)C)n1. The number of nitrogens with one attached hydrogen (secondary N) is 1. The van der Waals surface area contributed by atoms with Crippen LogP contribution in [0.15, 0.2) is 47.4 Å². The Morgan fingerprint density at radius 1 is 1.19 bits per heavy atom. The van der Waals surface area contributed by atoms with E-state index in [9.17, 15) is 13.2 Å². The Balaban J connectivity index is 1.97.